The molecule has 28 heavy (non-hydrogen) atoms. The molecule has 5 rings (SSSR count). The van der Waals surface area contributed by atoms with Gasteiger partial charge in [0.1, 0.15) is 12.4 Å². The highest BCUT2D eigenvalue weighted by Gasteiger charge is 2.31. The average Bonchev–Trinajstić information content (AvgIpc) is 3.29. The molecule has 1 N–H and O–H groups in total. The number of rotatable bonds is 2. The predicted molar refractivity (Wildman–Crippen MR) is 114 cm³/mol. The number of para-hydroxylation sites is 2. The van der Waals surface area contributed by atoms with Crippen molar-refractivity contribution in [3.8, 4) is 0 Å². The summed E-state index contributed by atoms with van der Waals surface area (Å²) in [5.41, 5.74) is 4.11. The summed E-state index contributed by atoms with van der Waals surface area (Å²) in [7, 11) is 1.94. The molecule has 143 valence electrons. The Morgan fingerprint density at radius 1 is 1.11 bits per heavy atom. The van der Waals surface area contributed by atoms with E-state index in [2.05, 4.69) is 35.1 Å². The molecule has 1 amide bonds. The Balaban J connectivity index is 1.31. The maximum absolute atomic E-state index is 13.1. The summed E-state index contributed by atoms with van der Waals surface area (Å²) in [6, 6.07) is 16.4. The second-order valence-corrected chi connectivity index (χ2v) is 7.95. The number of amides is 1. The van der Waals surface area contributed by atoms with E-state index in [1.807, 2.05) is 46.8 Å². The van der Waals surface area contributed by atoms with Gasteiger partial charge in [-0.3, -0.25) is 4.79 Å². The van der Waals surface area contributed by atoms with E-state index in [-0.39, 0.29) is 5.91 Å². The molecular weight excluding hydrogens is 372 g/mol. The minimum atomic E-state index is 0.0946. The first kappa shape index (κ1) is 17.4. The van der Waals surface area contributed by atoms with Gasteiger partial charge in [-0.25, -0.2) is 0 Å². The van der Waals surface area contributed by atoms with E-state index >= 15 is 0 Å². The SMILES string of the molecule is Cn1c(C(=O)N2CCC(N3[CH]Nc4ccccc43)CC2)cc2cc(Cl)ccc21. The summed E-state index contributed by atoms with van der Waals surface area (Å²) in [6.07, 6.45) is 1.90. The van der Waals surface area contributed by atoms with Crippen LogP contribution in [-0.2, 0) is 7.05 Å². The maximum Gasteiger partial charge on any atom is 0.270 e. The lowest BCUT2D eigenvalue weighted by molar-refractivity contribution is 0.0704. The molecule has 6 heteroatoms. The van der Waals surface area contributed by atoms with Crippen LogP contribution in [0.25, 0.3) is 10.9 Å². The van der Waals surface area contributed by atoms with E-state index in [4.69, 9.17) is 11.6 Å². The molecule has 0 atom stereocenters. The molecule has 0 aliphatic carbocycles. The Morgan fingerprint density at radius 3 is 2.71 bits per heavy atom. The van der Waals surface area contributed by atoms with E-state index in [0.717, 1.165) is 48.2 Å². The summed E-state index contributed by atoms with van der Waals surface area (Å²) in [5.74, 6) is 0.0946. The summed E-state index contributed by atoms with van der Waals surface area (Å²) in [6.45, 7) is 3.58. The number of hydrogen-bond acceptors (Lipinski definition) is 3. The molecule has 1 fully saturated rings. The highest BCUT2D eigenvalue weighted by molar-refractivity contribution is 6.31. The van der Waals surface area contributed by atoms with E-state index in [1.54, 1.807) is 0 Å². The van der Waals surface area contributed by atoms with Crippen LogP contribution >= 0.6 is 11.6 Å². The van der Waals surface area contributed by atoms with Crippen LogP contribution in [0.5, 0.6) is 0 Å². The largest absolute Gasteiger partial charge is 0.360 e. The first-order chi connectivity index (χ1) is 13.6. The topological polar surface area (TPSA) is 40.5 Å². The summed E-state index contributed by atoms with van der Waals surface area (Å²) in [5, 5.41) is 5.03. The molecule has 0 saturated carbocycles. The van der Waals surface area contributed by atoms with E-state index < -0.39 is 0 Å². The molecule has 2 aliphatic heterocycles. The van der Waals surface area contributed by atoms with E-state index in [0.29, 0.717) is 11.1 Å². The molecule has 2 aromatic carbocycles. The van der Waals surface area contributed by atoms with Crippen LogP contribution in [0.2, 0.25) is 5.02 Å². The van der Waals surface area contributed by atoms with E-state index in [1.165, 1.54) is 5.69 Å². The van der Waals surface area contributed by atoms with Crippen LogP contribution in [0.1, 0.15) is 23.3 Å². The van der Waals surface area contributed by atoms with Crippen LogP contribution in [0.4, 0.5) is 11.4 Å². The van der Waals surface area contributed by atoms with Gasteiger partial charge in [-0.15, -0.1) is 0 Å². The van der Waals surface area contributed by atoms with Gasteiger partial charge in [0.15, 0.2) is 0 Å². The zero-order chi connectivity index (χ0) is 19.3. The standard InChI is InChI=1S/C22H22ClN4O/c1-25-19-7-6-16(23)12-15(19)13-21(25)22(28)26-10-8-17(9-11-26)27-14-24-18-4-2-3-5-20(18)27/h2-7,12-14,17,24H,8-11H2,1H3. The maximum atomic E-state index is 13.1. The number of carbonyl (C=O) groups is 1. The second kappa shape index (κ2) is 6.74. The van der Waals surface area contributed by atoms with Crippen molar-refractivity contribution in [1.29, 1.82) is 0 Å². The van der Waals surface area contributed by atoms with Crippen LogP contribution < -0.4 is 10.2 Å². The number of nitrogens with one attached hydrogen (secondary N) is 1. The van der Waals surface area contributed by atoms with Crippen molar-refractivity contribution in [2.24, 2.45) is 7.05 Å². The lowest BCUT2D eigenvalue weighted by Crippen LogP contribution is -2.46. The molecular formula is C22H22ClN4O. The Kier molecular flexibility index (Phi) is 4.20. The number of fused-ring (bicyclic) bond motifs is 2. The van der Waals surface area contributed by atoms with Gasteiger partial charge in [-0.2, -0.15) is 0 Å². The van der Waals surface area contributed by atoms with Gasteiger partial charge >= 0.3 is 0 Å². The number of benzene rings is 2. The van der Waals surface area contributed by atoms with Gasteiger partial charge < -0.3 is 19.7 Å². The normalized spacial score (nSPS) is 17.1. The van der Waals surface area contributed by atoms with Crippen molar-refractivity contribution >= 4 is 39.8 Å². The van der Waals surface area contributed by atoms with Gasteiger partial charge in [0.2, 0.25) is 0 Å². The van der Waals surface area contributed by atoms with Gasteiger partial charge in [-0.1, -0.05) is 23.7 Å². The lowest BCUT2D eigenvalue weighted by atomic mass is 10.0. The highest BCUT2D eigenvalue weighted by atomic mass is 35.5. The molecule has 0 unspecified atom stereocenters. The molecule has 0 bridgehead atoms. The lowest BCUT2D eigenvalue weighted by Gasteiger charge is -2.37. The molecule has 1 radical (unpaired) electrons. The number of nitrogens with zero attached hydrogens (tertiary/aromatic N) is 3. The Bertz CT molecular complexity index is 1050. The van der Waals surface area contributed by atoms with Crippen LogP contribution in [0, 0.1) is 6.67 Å². The molecule has 3 heterocycles. The zero-order valence-electron chi connectivity index (χ0n) is 15.7. The Labute approximate surface area is 169 Å². The molecule has 2 aliphatic rings. The Morgan fingerprint density at radius 2 is 1.89 bits per heavy atom. The van der Waals surface area contributed by atoms with Crippen molar-refractivity contribution in [2.75, 3.05) is 23.3 Å². The third kappa shape index (κ3) is 2.81. The number of halogens is 1. The van der Waals surface area contributed by atoms with E-state index in [9.17, 15) is 4.79 Å². The van der Waals surface area contributed by atoms with Gasteiger partial charge in [0.25, 0.3) is 5.91 Å². The summed E-state index contributed by atoms with van der Waals surface area (Å²) < 4.78 is 1.97. The first-order valence-electron chi connectivity index (χ1n) is 9.63. The third-order valence-corrected chi connectivity index (χ3v) is 6.15. The second-order valence-electron chi connectivity index (χ2n) is 7.51. The monoisotopic (exact) mass is 393 g/mol. The van der Waals surface area contributed by atoms with Gasteiger partial charge in [-0.05, 0) is 49.2 Å². The number of likely N-dealkylation sites (tertiary alicyclic amines) is 1. The van der Waals surface area contributed by atoms with Crippen molar-refractivity contribution in [3.05, 3.63) is 65.9 Å². The number of piperidine rings is 1. The molecule has 0 spiro atoms. The van der Waals surface area contributed by atoms with Crippen molar-refractivity contribution in [1.82, 2.24) is 9.47 Å². The van der Waals surface area contributed by atoms with Crippen LogP contribution in [0.3, 0.4) is 0 Å². The molecule has 5 nitrogen and oxygen atoms in total. The smallest absolute Gasteiger partial charge is 0.270 e. The summed E-state index contributed by atoms with van der Waals surface area (Å²) in [4.78, 5) is 17.4. The molecule has 1 aromatic heterocycles. The molecule has 1 saturated heterocycles. The first-order valence-corrected chi connectivity index (χ1v) is 10.0. The van der Waals surface area contributed by atoms with Crippen molar-refractivity contribution in [2.45, 2.75) is 18.9 Å². The Hall–Kier alpha value is -2.66. The number of aryl methyl sites for hydroxylation is 1. The highest BCUT2D eigenvalue weighted by Crippen LogP contribution is 2.36. The van der Waals surface area contributed by atoms with Gasteiger partial charge in [0.05, 0.1) is 11.4 Å². The van der Waals surface area contributed by atoms with Crippen LogP contribution in [-0.4, -0.2) is 34.5 Å². The number of carbonyl (C=O) groups excluding carboxylic acids is 1. The quantitative estimate of drug-likeness (QED) is 0.697. The fraction of sp³-hybridized carbons (Fsp3) is 0.273. The van der Waals surface area contributed by atoms with Crippen LogP contribution in [0.15, 0.2) is 48.5 Å². The minimum absolute atomic E-state index is 0.0946. The number of anilines is 2. The summed E-state index contributed by atoms with van der Waals surface area (Å²) >= 11 is 6.11. The average molecular weight is 394 g/mol. The zero-order valence-corrected chi connectivity index (χ0v) is 16.5. The fourth-order valence-electron chi connectivity index (χ4n) is 4.37. The minimum Gasteiger partial charge on any atom is -0.360 e. The number of hydrogen-bond donors (Lipinski definition) is 1. The van der Waals surface area contributed by atoms with Gasteiger partial charge in [0, 0.05) is 42.1 Å². The fourth-order valence-corrected chi connectivity index (χ4v) is 4.55. The molecule has 3 aromatic rings. The number of aromatic nitrogens is 1. The predicted octanol–water partition coefficient (Wildman–Crippen LogP) is 4.49. The van der Waals surface area contributed by atoms with Crippen molar-refractivity contribution in [3.63, 3.8) is 0 Å². The van der Waals surface area contributed by atoms with Crippen molar-refractivity contribution < 1.29 is 4.79 Å². The third-order valence-electron chi connectivity index (χ3n) is 5.91.